The van der Waals surface area contributed by atoms with Crippen molar-refractivity contribution in [2.24, 2.45) is 5.92 Å². The Bertz CT molecular complexity index is 211. The van der Waals surface area contributed by atoms with Gasteiger partial charge in [0.1, 0.15) is 0 Å². The van der Waals surface area contributed by atoms with E-state index in [1.54, 1.807) is 7.11 Å². The Morgan fingerprint density at radius 2 is 2.06 bits per heavy atom. The Labute approximate surface area is 113 Å². The van der Waals surface area contributed by atoms with E-state index in [1.165, 1.54) is 32.1 Å². The largest absolute Gasteiger partial charge is 0.383 e. The van der Waals surface area contributed by atoms with Gasteiger partial charge in [-0.1, -0.05) is 26.7 Å². The van der Waals surface area contributed by atoms with E-state index in [1.807, 2.05) is 0 Å². The second-order valence-electron chi connectivity index (χ2n) is 5.88. The van der Waals surface area contributed by atoms with Gasteiger partial charge in [-0.05, 0) is 38.8 Å². The Morgan fingerprint density at radius 1 is 1.33 bits per heavy atom. The van der Waals surface area contributed by atoms with Crippen molar-refractivity contribution in [3.8, 4) is 0 Å². The van der Waals surface area contributed by atoms with Gasteiger partial charge in [-0.15, -0.1) is 0 Å². The fourth-order valence-corrected chi connectivity index (χ4v) is 3.16. The zero-order valence-electron chi connectivity index (χ0n) is 12.7. The molecule has 0 saturated heterocycles. The Hall–Kier alpha value is -0.120. The van der Waals surface area contributed by atoms with E-state index in [9.17, 15) is 0 Å². The lowest BCUT2D eigenvalue weighted by Gasteiger charge is -2.38. The van der Waals surface area contributed by atoms with E-state index in [2.05, 4.69) is 31.1 Å². The topological polar surface area (TPSA) is 24.5 Å². The molecular weight excluding hydrogens is 224 g/mol. The van der Waals surface area contributed by atoms with Crippen LogP contribution in [0.5, 0.6) is 0 Å². The van der Waals surface area contributed by atoms with E-state index < -0.39 is 0 Å². The van der Waals surface area contributed by atoms with Crippen LogP contribution >= 0.6 is 0 Å². The number of ether oxygens (including phenoxy) is 1. The van der Waals surface area contributed by atoms with Crippen LogP contribution in [-0.4, -0.2) is 50.8 Å². The molecule has 1 saturated carbocycles. The second-order valence-corrected chi connectivity index (χ2v) is 5.88. The van der Waals surface area contributed by atoms with Crippen molar-refractivity contribution in [1.29, 1.82) is 0 Å². The molecule has 1 rings (SSSR count). The minimum atomic E-state index is 0.467. The fraction of sp³-hybridized carbons (Fsp3) is 1.00. The minimum Gasteiger partial charge on any atom is -0.383 e. The van der Waals surface area contributed by atoms with Crippen molar-refractivity contribution in [3.05, 3.63) is 0 Å². The molecule has 0 spiro atoms. The molecule has 0 heterocycles. The van der Waals surface area contributed by atoms with E-state index >= 15 is 0 Å². The van der Waals surface area contributed by atoms with Gasteiger partial charge < -0.3 is 15.0 Å². The SMILES string of the molecule is CCCNC(COC)CN(C)C1CCCCC1C. The third-order valence-corrected chi connectivity index (χ3v) is 4.19. The Balaban J connectivity index is 2.40. The number of hydrogen-bond donors (Lipinski definition) is 1. The summed E-state index contributed by atoms with van der Waals surface area (Å²) >= 11 is 0. The summed E-state index contributed by atoms with van der Waals surface area (Å²) in [6, 6.07) is 1.23. The molecule has 3 heteroatoms. The highest BCUT2D eigenvalue weighted by Gasteiger charge is 2.26. The van der Waals surface area contributed by atoms with Crippen LogP contribution < -0.4 is 5.32 Å². The van der Waals surface area contributed by atoms with Crippen LogP contribution in [0.1, 0.15) is 46.0 Å². The van der Waals surface area contributed by atoms with E-state index in [0.29, 0.717) is 6.04 Å². The predicted octanol–water partition coefficient (Wildman–Crippen LogP) is 2.51. The van der Waals surface area contributed by atoms with Gasteiger partial charge in [-0.2, -0.15) is 0 Å². The Morgan fingerprint density at radius 3 is 2.67 bits per heavy atom. The van der Waals surface area contributed by atoms with Gasteiger partial charge in [-0.25, -0.2) is 0 Å². The second kappa shape index (κ2) is 8.89. The lowest BCUT2D eigenvalue weighted by atomic mass is 9.85. The first-order chi connectivity index (χ1) is 8.69. The van der Waals surface area contributed by atoms with Crippen LogP contribution in [0.3, 0.4) is 0 Å². The summed E-state index contributed by atoms with van der Waals surface area (Å²) in [4.78, 5) is 2.55. The van der Waals surface area contributed by atoms with Gasteiger partial charge in [0, 0.05) is 25.7 Å². The molecule has 3 unspecified atom stereocenters. The maximum absolute atomic E-state index is 5.33. The molecular formula is C15H32N2O. The molecule has 0 bridgehead atoms. The van der Waals surface area contributed by atoms with Gasteiger partial charge in [0.15, 0.2) is 0 Å². The number of hydrogen-bond acceptors (Lipinski definition) is 3. The summed E-state index contributed by atoms with van der Waals surface area (Å²) in [5, 5.41) is 3.59. The monoisotopic (exact) mass is 256 g/mol. The zero-order valence-corrected chi connectivity index (χ0v) is 12.7. The molecule has 3 nitrogen and oxygen atoms in total. The first kappa shape index (κ1) is 15.9. The molecule has 1 aliphatic rings. The first-order valence-corrected chi connectivity index (χ1v) is 7.61. The average Bonchev–Trinajstić information content (AvgIpc) is 2.36. The molecule has 108 valence electrons. The van der Waals surface area contributed by atoms with Gasteiger partial charge >= 0.3 is 0 Å². The molecule has 1 fully saturated rings. The van der Waals surface area contributed by atoms with Crippen LogP contribution in [0.25, 0.3) is 0 Å². The summed E-state index contributed by atoms with van der Waals surface area (Å²) in [6.45, 7) is 7.62. The molecule has 1 aliphatic carbocycles. The number of rotatable bonds is 8. The maximum Gasteiger partial charge on any atom is 0.0628 e. The fourth-order valence-electron chi connectivity index (χ4n) is 3.16. The number of nitrogens with one attached hydrogen (secondary N) is 1. The number of methoxy groups -OCH3 is 1. The lowest BCUT2D eigenvalue weighted by molar-refractivity contribution is 0.0984. The predicted molar refractivity (Wildman–Crippen MR) is 78.0 cm³/mol. The summed E-state index contributed by atoms with van der Waals surface area (Å²) in [7, 11) is 4.08. The minimum absolute atomic E-state index is 0.467. The molecule has 1 N–H and O–H groups in total. The summed E-state index contributed by atoms with van der Waals surface area (Å²) in [6.07, 6.45) is 6.76. The van der Waals surface area contributed by atoms with Gasteiger partial charge in [0.05, 0.1) is 6.61 Å². The number of likely N-dealkylation sites (N-methyl/N-ethyl adjacent to an activating group) is 1. The van der Waals surface area contributed by atoms with Crippen LogP contribution in [0.2, 0.25) is 0 Å². The van der Waals surface area contributed by atoms with Gasteiger partial charge in [-0.3, -0.25) is 0 Å². The maximum atomic E-state index is 5.33. The molecule has 0 aromatic rings. The molecule has 0 aromatic heterocycles. The molecule has 18 heavy (non-hydrogen) atoms. The molecule has 0 amide bonds. The normalized spacial score (nSPS) is 26.5. The first-order valence-electron chi connectivity index (χ1n) is 7.61. The van der Waals surface area contributed by atoms with Crippen LogP contribution in [-0.2, 0) is 4.74 Å². The van der Waals surface area contributed by atoms with E-state index in [0.717, 1.165) is 31.7 Å². The van der Waals surface area contributed by atoms with Crippen molar-refractivity contribution in [1.82, 2.24) is 10.2 Å². The smallest absolute Gasteiger partial charge is 0.0628 e. The van der Waals surface area contributed by atoms with Gasteiger partial charge in [0.2, 0.25) is 0 Å². The quantitative estimate of drug-likeness (QED) is 0.722. The lowest BCUT2D eigenvalue weighted by Crippen LogP contribution is -2.48. The van der Waals surface area contributed by atoms with E-state index in [-0.39, 0.29) is 0 Å². The average molecular weight is 256 g/mol. The van der Waals surface area contributed by atoms with Crippen molar-refractivity contribution < 1.29 is 4.74 Å². The molecule has 0 aliphatic heterocycles. The standard InChI is InChI=1S/C15H32N2O/c1-5-10-16-14(12-18-4)11-17(3)15-9-7-6-8-13(15)2/h13-16H,5-12H2,1-4H3. The molecule has 0 radical (unpaired) electrons. The highest BCUT2D eigenvalue weighted by molar-refractivity contribution is 4.82. The summed E-state index contributed by atoms with van der Waals surface area (Å²) in [5.74, 6) is 0.845. The van der Waals surface area contributed by atoms with Crippen LogP contribution in [0, 0.1) is 5.92 Å². The zero-order chi connectivity index (χ0) is 13.4. The van der Waals surface area contributed by atoms with Crippen LogP contribution in [0.15, 0.2) is 0 Å². The highest BCUT2D eigenvalue weighted by atomic mass is 16.5. The summed E-state index contributed by atoms with van der Waals surface area (Å²) in [5.41, 5.74) is 0. The summed E-state index contributed by atoms with van der Waals surface area (Å²) < 4.78 is 5.33. The molecule has 3 atom stereocenters. The van der Waals surface area contributed by atoms with Crippen LogP contribution in [0.4, 0.5) is 0 Å². The van der Waals surface area contributed by atoms with E-state index in [4.69, 9.17) is 4.74 Å². The third-order valence-electron chi connectivity index (χ3n) is 4.19. The highest BCUT2D eigenvalue weighted by Crippen LogP contribution is 2.27. The van der Waals surface area contributed by atoms with Crippen molar-refractivity contribution in [2.45, 2.75) is 58.0 Å². The van der Waals surface area contributed by atoms with Gasteiger partial charge in [0.25, 0.3) is 0 Å². The molecule has 0 aromatic carbocycles. The third kappa shape index (κ3) is 5.25. The number of nitrogens with zero attached hydrogens (tertiary/aromatic N) is 1. The van der Waals surface area contributed by atoms with Crippen molar-refractivity contribution in [2.75, 3.05) is 33.9 Å². The Kier molecular flexibility index (Phi) is 7.87. The van der Waals surface area contributed by atoms with Crippen molar-refractivity contribution in [3.63, 3.8) is 0 Å². The van der Waals surface area contributed by atoms with Crippen molar-refractivity contribution >= 4 is 0 Å².